The van der Waals surface area contributed by atoms with Crippen LogP contribution < -0.4 is 4.18 Å². The van der Waals surface area contributed by atoms with Crippen LogP contribution in [0.15, 0.2) is 24.3 Å². The summed E-state index contributed by atoms with van der Waals surface area (Å²) < 4.78 is 26.4. The second-order valence-corrected chi connectivity index (χ2v) is 4.61. The van der Waals surface area contributed by atoms with Gasteiger partial charge in [-0.15, -0.1) is 0 Å². The van der Waals surface area contributed by atoms with Gasteiger partial charge in [0.15, 0.2) is 0 Å². The van der Waals surface area contributed by atoms with Crippen molar-refractivity contribution in [3.05, 3.63) is 36.8 Å². The smallest absolute Gasteiger partial charge is 0.306 e. The molecule has 0 N–H and O–H groups in total. The van der Waals surface area contributed by atoms with Gasteiger partial charge in [0.2, 0.25) is 0 Å². The molecule has 3 nitrogen and oxygen atoms in total. The van der Waals surface area contributed by atoms with E-state index in [-0.39, 0.29) is 0 Å². The highest BCUT2D eigenvalue weighted by molar-refractivity contribution is 7.86. The number of rotatable bonds is 4. The Labute approximate surface area is 84.8 Å². The van der Waals surface area contributed by atoms with E-state index in [0.29, 0.717) is 5.75 Å². The van der Waals surface area contributed by atoms with Crippen LogP contribution in [-0.4, -0.2) is 14.7 Å². The molecule has 0 bridgehead atoms. The first-order valence-electron chi connectivity index (χ1n) is 4.29. The molecular weight excluding hydrogens is 200 g/mol. The summed E-state index contributed by atoms with van der Waals surface area (Å²) in [5.74, 6) is 0.360. The summed E-state index contributed by atoms with van der Waals surface area (Å²) >= 11 is 0. The molecule has 0 aliphatic rings. The molecule has 0 heterocycles. The molecule has 0 aliphatic heterocycles. The van der Waals surface area contributed by atoms with Crippen LogP contribution in [-0.2, 0) is 16.5 Å². The predicted molar refractivity (Wildman–Crippen MR) is 55.6 cm³/mol. The fourth-order valence-electron chi connectivity index (χ4n) is 1.13. The van der Waals surface area contributed by atoms with Gasteiger partial charge < -0.3 is 4.18 Å². The summed E-state index contributed by atoms with van der Waals surface area (Å²) in [5, 5.41) is 0. The molecule has 1 radical (unpaired) electrons. The normalized spacial score (nSPS) is 11.3. The second kappa shape index (κ2) is 4.46. The number of hydrogen-bond acceptors (Lipinski definition) is 3. The Morgan fingerprint density at radius 3 is 2.71 bits per heavy atom. The van der Waals surface area contributed by atoms with E-state index in [4.69, 9.17) is 4.18 Å². The maximum absolute atomic E-state index is 10.8. The molecule has 0 spiro atoms. The summed E-state index contributed by atoms with van der Waals surface area (Å²) in [6, 6.07) is 7.02. The van der Waals surface area contributed by atoms with Gasteiger partial charge in [0.05, 0.1) is 6.26 Å². The van der Waals surface area contributed by atoms with Gasteiger partial charge in [0.1, 0.15) is 5.75 Å². The SMILES string of the molecule is [CH2]CCc1cccc(OS(C)(=O)=O)c1. The van der Waals surface area contributed by atoms with Gasteiger partial charge in [-0.05, 0) is 30.5 Å². The van der Waals surface area contributed by atoms with E-state index in [1.165, 1.54) is 0 Å². The van der Waals surface area contributed by atoms with Crippen LogP contribution in [0.1, 0.15) is 12.0 Å². The highest BCUT2D eigenvalue weighted by atomic mass is 32.2. The monoisotopic (exact) mass is 213 g/mol. The first-order chi connectivity index (χ1) is 6.51. The molecule has 0 aromatic heterocycles. The fourth-order valence-corrected chi connectivity index (χ4v) is 1.59. The quantitative estimate of drug-likeness (QED) is 0.716. The molecule has 4 heteroatoms. The van der Waals surface area contributed by atoms with E-state index < -0.39 is 10.1 Å². The van der Waals surface area contributed by atoms with Crippen LogP contribution in [0.25, 0.3) is 0 Å². The number of hydrogen-bond donors (Lipinski definition) is 0. The molecule has 0 saturated carbocycles. The molecule has 0 aliphatic carbocycles. The van der Waals surface area contributed by atoms with Crippen LogP contribution >= 0.6 is 0 Å². The third-order valence-electron chi connectivity index (χ3n) is 1.61. The molecule has 1 aromatic carbocycles. The van der Waals surface area contributed by atoms with Crippen molar-refractivity contribution in [2.24, 2.45) is 0 Å². The van der Waals surface area contributed by atoms with Crippen LogP contribution in [0.5, 0.6) is 5.75 Å². The molecule has 0 atom stereocenters. The Hall–Kier alpha value is -1.03. The Bertz CT molecular complexity index is 396. The van der Waals surface area contributed by atoms with Crippen LogP contribution in [0.2, 0.25) is 0 Å². The largest absolute Gasteiger partial charge is 0.383 e. The molecular formula is C10H13O3S. The lowest BCUT2D eigenvalue weighted by Crippen LogP contribution is -2.05. The van der Waals surface area contributed by atoms with Crippen molar-refractivity contribution in [2.75, 3.05) is 6.26 Å². The van der Waals surface area contributed by atoms with Crippen molar-refractivity contribution in [1.82, 2.24) is 0 Å². The van der Waals surface area contributed by atoms with Crippen molar-refractivity contribution >= 4 is 10.1 Å². The highest BCUT2D eigenvalue weighted by Crippen LogP contribution is 2.15. The van der Waals surface area contributed by atoms with Gasteiger partial charge in [0, 0.05) is 0 Å². The highest BCUT2D eigenvalue weighted by Gasteiger charge is 2.04. The molecule has 1 rings (SSSR count). The van der Waals surface area contributed by atoms with Crippen LogP contribution in [0.4, 0.5) is 0 Å². The van der Waals surface area contributed by atoms with E-state index in [2.05, 4.69) is 6.92 Å². The molecule has 0 amide bonds. The first kappa shape index (κ1) is 11.0. The third kappa shape index (κ3) is 3.79. The van der Waals surface area contributed by atoms with E-state index in [1.54, 1.807) is 18.2 Å². The summed E-state index contributed by atoms with van der Waals surface area (Å²) in [6.45, 7) is 3.73. The maximum Gasteiger partial charge on any atom is 0.306 e. The molecule has 0 saturated heterocycles. The van der Waals surface area contributed by atoms with Crippen molar-refractivity contribution < 1.29 is 12.6 Å². The maximum atomic E-state index is 10.8. The second-order valence-electron chi connectivity index (χ2n) is 3.04. The zero-order chi connectivity index (χ0) is 10.6. The minimum atomic E-state index is -3.42. The molecule has 0 unspecified atom stereocenters. The molecule has 1 aromatic rings. The van der Waals surface area contributed by atoms with E-state index in [1.807, 2.05) is 6.07 Å². The van der Waals surface area contributed by atoms with Gasteiger partial charge >= 0.3 is 10.1 Å². The Kier molecular flexibility index (Phi) is 3.52. The van der Waals surface area contributed by atoms with Gasteiger partial charge in [-0.25, -0.2) is 0 Å². The topological polar surface area (TPSA) is 43.4 Å². The zero-order valence-corrected chi connectivity index (χ0v) is 8.88. The predicted octanol–water partition coefficient (Wildman–Crippen LogP) is 1.79. The lowest BCUT2D eigenvalue weighted by molar-refractivity contribution is 0.492. The fraction of sp³-hybridized carbons (Fsp3) is 0.300. The van der Waals surface area contributed by atoms with Crippen molar-refractivity contribution in [3.8, 4) is 5.75 Å². The minimum Gasteiger partial charge on any atom is -0.383 e. The Balaban J connectivity index is 2.83. The van der Waals surface area contributed by atoms with Gasteiger partial charge in [-0.2, -0.15) is 8.42 Å². The summed E-state index contributed by atoms with van der Waals surface area (Å²) in [5.41, 5.74) is 1.03. The average Bonchev–Trinajstić information content (AvgIpc) is 2.02. The van der Waals surface area contributed by atoms with Crippen molar-refractivity contribution in [3.63, 3.8) is 0 Å². The van der Waals surface area contributed by atoms with Crippen LogP contribution in [0, 0.1) is 6.92 Å². The number of aryl methyl sites for hydroxylation is 1. The lowest BCUT2D eigenvalue weighted by atomic mass is 10.1. The Morgan fingerprint density at radius 1 is 1.43 bits per heavy atom. The average molecular weight is 213 g/mol. The standard InChI is InChI=1S/C10H13O3S/c1-3-5-9-6-4-7-10(8-9)13-14(2,11)12/h4,6-8H,1,3,5H2,2H3. The van der Waals surface area contributed by atoms with Crippen LogP contribution in [0.3, 0.4) is 0 Å². The number of benzene rings is 1. The van der Waals surface area contributed by atoms with Crippen molar-refractivity contribution in [1.29, 1.82) is 0 Å². The zero-order valence-electron chi connectivity index (χ0n) is 8.06. The van der Waals surface area contributed by atoms with Gasteiger partial charge in [-0.3, -0.25) is 0 Å². The molecule has 14 heavy (non-hydrogen) atoms. The molecule has 77 valence electrons. The minimum absolute atomic E-state index is 0.360. The van der Waals surface area contributed by atoms with E-state index in [0.717, 1.165) is 24.7 Å². The van der Waals surface area contributed by atoms with Gasteiger partial charge in [-0.1, -0.05) is 19.1 Å². The van der Waals surface area contributed by atoms with Gasteiger partial charge in [0.25, 0.3) is 0 Å². The van der Waals surface area contributed by atoms with Crippen molar-refractivity contribution in [2.45, 2.75) is 12.8 Å². The third-order valence-corrected chi connectivity index (χ3v) is 2.11. The lowest BCUT2D eigenvalue weighted by Gasteiger charge is -2.04. The summed E-state index contributed by atoms with van der Waals surface area (Å²) in [7, 11) is -3.42. The first-order valence-corrected chi connectivity index (χ1v) is 6.10. The summed E-state index contributed by atoms with van der Waals surface area (Å²) in [4.78, 5) is 0. The van der Waals surface area contributed by atoms with E-state index >= 15 is 0 Å². The molecule has 0 fully saturated rings. The summed E-state index contributed by atoms with van der Waals surface area (Å²) in [6.07, 6.45) is 2.63. The van der Waals surface area contributed by atoms with E-state index in [9.17, 15) is 8.42 Å². The Morgan fingerprint density at radius 2 is 2.14 bits per heavy atom.